The number of ether oxygens (including phenoxy) is 1. The van der Waals surface area contributed by atoms with E-state index in [9.17, 15) is 0 Å². The zero-order valence-electron chi connectivity index (χ0n) is 6.55. The molecule has 2 atom stereocenters. The zero-order valence-corrected chi connectivity index (χ0v) is 6.55. The molecule has 0 aliphatic carbocycles. The van der Waals surface area contributed by atoms with E-state index in [0.717, 1.165) is 6.42 Å². The van der Waals surface area contributed by atoms with E-state index in [1.54, 1.807) is 0 Å². The molecule has 0 bridgehead atoms. The van der Waals surface area contributed by atoms with Crippen LogP contribution >= 0.6 is 0 Å². The minimum absolute atomic E-state index is 0.407. The average molecular weight is 139 g/mol. The van der Waals surface area contributed by atoms with E-state index in [1.165, 1.54) is 12.8 Å². The minimum Gasteiger partial charge on any atom is -0.406 e. The predicted molar refractivity (Wildman–Crippen MR) is 42.7 cm³/mol. The van der Waals surface area contributed by atoms with Crippen LogP contribution in [0.3, 0.4) is 0 Å². The first-order valence-corrected chi connectivity index (χ1v) is 3.92. The lowest BCUT2D eigenvalue weighted by Gasteiger charge is -2.16. The van der Waals surface area contributed by atoms with Gasteiger partial charge in [0.1, 0.15) is 0 Å². The molecule has 1 aliphatic rings. The van der Waals surface area contributed by atoms with E-state index in [0.29, 0.717) is 12.2 Å². The van der Waals surface area contributed by atoms with Gasteiger partial charge >= 0.3 is 0 Å². The van der Waals surface area contributed by atoms with Crippen molar-refractivity contribution in [3.63, 3.8) is 0 Å². The van der Waals surface area contributed by atoms with Crippen molar-refractivity contribution >= 4 is 0 Å². The molecule has 10 heavy (non-hydrogen) atoms. The van der Waals surface area contributed by atoms with Crippen LogP contribution in [-0.4, -0.2) is 12.2 Å². The summed E-state index contributed by atoms with van der Waals surface area (Å²) < 4.78 is 5.62. The van der Waals surface area contributed by atoms with Gasteiger partial charge in [0, 0.05) is 0 Å². The molecule has 0 saturated carbocycles. The molecule has 1 heteroatoms. The minimum atomic E-state index is 0.407. The molecule has 0 radical (unpaired) electrons. The summed E-state index contributed by atoms with van der Waals surface area (Å²) in [6.07, 6.45) is 8.30. The molecule has 1 rings (SSSR count). The van der Waals surface area contributed by atoms with Crippen LogP contribution < -0.4 is 0 Å². The second-order valence-corrected chi connectivity index (χ2v) is 2.73. The third-order valence-corrected chi connectivity index (χ3v) is 1.94. The first-order valence-electron chi connectivity index (χ1n) is 3.92. The van der Waals surface area contributed by atoms with Crippen LogP contribution in [-0.2, 0) is 4.74 Å². The van der Waals surface area contributed by atoms with E-state index in [2.05, 4.69) is 19.9 Å². The van der Waals surface area contributed by atoms with Crippen molar-refractivity contribution in [1.29, 1.82) is 0 Å². The zero-order chi connectivity index (χ0) is 7.40. The van der Waals surface area contributed by atoms with E-state index in [4.69, 9.17) is 4.74 Å². The summed E-state index contributed by atoms with van der Waals surface area (Å²) in [4.78, 5) is 0. The summed E-state index contributed by atoms with van der Waals surface area (Å²) in [5.41, 5.74) is 0. The molecule has 1 heterocycles. The molecule has 0 aromatic carbocycles. The highest BCUT2D eigenvalue weighted by Crippen LogP contribution is 2.23. The first kappa shape index (κ1) is 7.80. The maximum absolute atomic E-state index is 5.62. The average Bonchev–Trinajstić information content (AvgIpc) is 2.37. The highest BCUT2D eigenvalue weighted by Gasteiger charge is 2.17. The summed E-state index contributed by atoms with van der Waals surface area (Å²) in [6, 6.07) is 0. The Morgan fingerprint density at radius 1 is 1.70 bits per heavy atom. The van der Waals surface area contributed by atoms with Gasteiger partial charge in [-0.1, -0.05) is 18.6 Å². The normalized spacial score (nSPS) is 32.5. The quantitative estimate of drug-likeness (QED) is 0.430. The molecule has 2 unspecified atom stereocenters. The SMILES string of the molecule is C=CCC1CCC([CH-]C)O1. The van der Waals surface area contributed by atoms with E-state index in [-0.39, 0.29) is 0 Å². The predicted octanol–water partition coefficient (Wildman–Crippen LogP) is 2.33. The Morgan fingerprint density at radius 2 is 2.50 bits per heavy atom. The van der Waals surface area contributed by atoms with Gasteiger partial charge in [-0.2, -0.15) is 6.92 Å². The van der Waals surface area contributed by atoms with Crippen molar-refractivity contribution in [1.82, 2.24) is 0 Å². The summed E-state index contributed by atoms with van der Waals surface area (Å²) in [6.45, 7) is 5.74. The first-order chi connectivity index (χ1) is 4.86. The van der Waals surface area contributed by atoms with Gasteiger partial charge in [0.2, 0.25) is 0 Å². The lowest BCUT2D eigenvalue weighted by atomic mass is 10.1. The summed E-state index contributed by atoms with van der Waals surface area (Å²) in [7, 11) is 0. The molecular weight excluding hydrogens is 124 g/mol. The van der Waals surface area contributed by atoms with Crippen molar-refractivity contribution in [3.05, 3.63) is 19.1 Å². The number of rotatable bonds is 3. The maximum Gasteiger partial charge on any atom is 0.0577 e. The Hall–Kier alpha value is -0.300. The van der Waals surface area contributed by atoms with Gasteiger partial charge in [-0.15, -0.1) is 6.58 Å². The molecular formula is C9H15O-. The number of hydrogen-bond acceptors (Lipinski definition) is 1. The van der Waals surface area contributed by atoms with E-state index >= 15 is 0 Å². The Balaban J connectivity index is 2.21. The Kier molecular flexibility index (Phi) is 2.94. The highest BCUT2D eigenvalue weighted by molar-refractivity contribution is 4.84. The summed E-state index contributed by atoms with van der Waals surface area (Å²) in [5, 5.41) is 0. The van der Waals surface area contributed by atoms with Crippen molar-refractivity contribution < 1.29 is 4.74 Å². The third kappa shape index (κ3) is 1.84. The third-order valence-electron chi connectivity index (χ3n) is 1.94. The summed E-state index contributed by atoms with van der Waals surface area (Å²) in [5.74, 6) is 0. The Bertz CT molecular complexity index is 109. The smallest absolute Gasteiger partial charge is 0.0577 e. The molecule has 0 amide bonds. The topological polar surface area (TPSA) is 9.23 Å². The van der Waals surface area contributed by atoms with Gasteiger partial charge in [-0.3, -0.25) is 0 Å². The van der Waals surface area contributed by atoms with Crippen LogP contribution in [0.4, 0.5) is 0 Å². The fraction of sp³-hybridized carbons (Fsp3) is 0.667. The van der Waals surface area contributed by atoms with Crippen molar-refractivity contribution in [2.45, 2.75) is 38.4 Å². The van der Waals surface area contributed by atoms with E-state index < -0.39 is 0 Å². The lowest BCUT2D eigenvalue weighted by molar-refractivity contribution is 0.0652. The standard InChI is InChI=1S/C9H15O/c1-3-5-9-7-6-8(4-2)10-9/h3-4,8-9H,1,5-7H2,2H3/q-1. The van der Waals surface area contributed by atoms with Crippen LogP contribution in [0.25, 0.3) is 0 Å². The maximum atomic E-state index is 5.62. The Morgan fingerprint density at radius 3 is 3.00 bits per heavy atom. The molecule has 58 valence electrons. The summed E-state index contributed by atoms with van der Waals surface area (Å²) >= 11 is 0. The molecule has 1 fully saturated rings. The molecule has 0 N–H and O–H groups in total. The molecule has 1 saturated heterocycles. The van der Waals surface area contributed by atoms with Gasteiger partial charge in [0.15, 0.2) is 0 Å². The van der Waals surface area contributed by atoms with Crippen LogP contribution in [0.5, 0.6) is 0 Å². The van der Waals surface area contributed by atoms with Gasteiger partial charge in [-0.25, -0.2) is 0 Å². The molecule has 0 aromatic heterocycles. The second-order valence-electron chi connectivity index (χ2n) is 2.73. The van der Waals surface area contributed by atoms with Crippen LogP contribution in [0, 0.1) is 6.42 Å². The lowest BCUT2D eigenvalue weighted by Crippen LogP contribution is -2.08. The highest BCUT2D eigenvalue weighted by atomic mass is 16.5. The molecule has 1 nitrogen and oxygen atoms in total. The largest absolute Gasteiger partial charge is 0.406 e. The monoisotopic (exact) mass is 139 g/mol. The van der Waals surface area contributed by atoms with E-state index in [1.807, 2.05) is 6.08 Å². The van der Waals surface area contributed by atoms with Crippen LogP contribution in [0.2, 0.25) is 0 Å². The van der Waals surface area contributed by atoms with Crippen LogP contribution in [0.15, 0.2) is 12.7 Å². The Labute approximate surface area is 63.1 Å². The molecule has 0 aromatic rings. The van der Waals surface area contributed by atoms with Crippen molar-refractivity contribution in [2.24, 2.45) is 0 Å². The number of hydrogen-bond donors (Lipinski definition) is 0. The van der Waals surface area contributed by atoms with Gasteiger partial charge < -0.3 is 11.2 Å². The van der Waals surface area contributed by atoms with Crippen molar-refractivity contribution in [2.75, 3.05) is 0 Å². The fourth-order valence-corrected chi connectivity index (χ4v) is 1.34. The molecule has 1 aliphatic heterocycles. The van der Waals surface area contributed by atoms with Crippen molar-refractivity contribution in [3.8, 4) is 0 Å². The van der Waals surface area contributed by atoms with Gasteiger partial charge in [-0.05, 0) is 12.8 Å². The fourth-order valence-electron chi connectivity index (χ4n) is 1.34. The van der Waals surface area contributed by atoms with Gasteiger partial charge in [0.25, 0.3) is 0 Å². The second kappa shape index (κ2) is 3.77. The van der Waals surface area contributed by atoms with Crippen LogP contribution in [0.1, 0.15) is 26.2 Å². The van der Waals surface area contributed by atoms with Gasteiger partial charge in [0.05, 0.1) is 6.10 Å². The molecule has 0 spiro atoms.